The van der Waals surface area contributed by atoms with E-state index in [-0.39, 0.29) is 0 Å². The van der Waals surface area contributed by atoms with Gasteiger partial charge in [0.1, 0.15) is 17.9 Å². The van der Waals surface area contributed by atoms with Crippen molar-refractivity contribution >= 4 is 35.0 Å². The molecular formula is C16H16ClNO5. The summed E-state index contributed by atoms with van der Waals surface area (Å²) in [5.41, 5.74) is -0.545. The van der Waals surface area contributed by atoms with Gasteiger partial charge in [-0.3, -0.25) is 14.4 Å². The number of benzene rings is 1. The summed E-state index contributed by atoms with van der Waals surface area (Å²) in [5, 5.41) is 21.5. The number of amides is 1. The second-order valence-electron chi connectivity index (χ2n) is 5.50. The molecule has 2 rings (SSSR count). The third kappa shape index (κ3) is 2.82. The number of carboxylic acids is 1. The van der Waals surface area contributed by atoms with Gasteiger partial charge < -0.3 is 15.5 Å². The van der Waals surface area contributed by atoms with Crippen LogP contribution < -0.4 is 5.32 Å². The normalized spacial score (nSPS) is 20.2. The summed E-state index contributed by atoms with van der Waals surface area (Å²) in [5.74, 6) is -3.19. The first-order valence-electron chi connectivity index (χ1n) is 7.00. The molecule has 0 fully saturated rings. The van der Waals surface area contributed by atoms with Crippen LogP contribution in [0.1, 0.15) is 31.4 Å². The van der Waals surface area contributed by atoms with E-state index in [9.17, 15) is 19.5 Å². The van der Waals surface area contributed by atoms with Gasteiger partial charge in [0.25, 0.3) is 5.91 Å². The molecule has 1 atom stereocenters. The molecule has 1 aromatic carbocycles. The molecule has 1 aliphatic rings. The van der Waals surface area contributed by atoms with Crippen LogP contribution in [0.5, 0.6) is 0 Å². The number of nitrogens with one attached hydrogen (secondary N) is 1. The highest BCUT2D eigenvalue weighted by Crippen LogP contribution is 2.42. The monoisotopic (exact) mass is 337 g/mol. The molecule has 122 valence electrons. The van der Waals surface area contributed by atoms with Crippen LogP contribution in [0.3, 0.4) is 0 Å². The minimum atomic E-state index is -1.25. The van der Waals surface area contributed by atoms with Crippen molar-refractivity contribution in [1.29, 1.82) is 0 Å². The number of carboxylic acid groups (broad SMARTS) is 1. The number of rotatable bonds is 4. The van der Waals surface area contributed by atoms with E-state index < -0.39 is 41.0 Å². The van der Waals surface area contributed by atoms with Gasteiger partial charge >= 0.3 is 5.97 Å². The fraction of sp³-hybridized carbons (Fsp3) is 0.312. The standard InChI is InChI=1S/C16H16ClNO5/c1-3-16(2)10-5-4-8(17)6-9(10)13(21)12(14(16)22)15(23)18-7-11(19)20/h4-6,21H,3,7H2,1-2H3,(H,18,23)(H,19,20). The number of ketones is 1. The summed E-state index contributed by atoms with van der Waals surface area (Å²) >= 11 is 5.95. The molecule has 7 heteroatoms. The maximum absolute atomic E-state index is 12.8. The van der Waals surface area contributed by atoms with Gasteiger partial charge in [-0.05, 0) is 31.0 Å². The molecule has 6 nitrogen and oxygen atoms in total. The van der Waals surface area contributed by atoms with Crippen molar-refractivity contribution in [2.45, 2.75) is 25.7 Å². The summed E-state index contributed by atoms with van der Waals surface area (Å²) < 4.78 is 0. The molecule has 0 aromatic heterocycles. The number of hydrogen-bond donors (Lipinski definition) is 3. The van der Waals surface area contributed by atoms with Crippen LogP contribution in [0.15, 0.2) is 23.8 Å². The van der Waals surface area contributed by atoms with E-state index in [4.69, 9.17) is 16.7 Å². The van der Waals surface area contributed by atoms with Gasteiger partial charge in [-0.15, -0.1) is 0 Å². The van der Waals surface area contributed by atoms with Crippen molar-refractivity contribution in [3.63, 3.8) is 0 Å². The zero-order valence-electron chi connectivity index (χ0n) is 12.6. The van der Waals surface area contributed by atoms with Gasteiger partial charge in [0.2, 0.25) is 0 Å². The van der Waals surface area contributed by atoms with Crippen LogP contribution >= 0.6 is 11.6 Å². The van der Waals surface area contributed by atoms with Crippen molar-refractivity contribution in [2.75, 3.05) is 6.54 Å². The molecular weight excluding hydrogens is 322 g/mol. The Bertz CT molecular complexity index is 740. The summed E-state index contributed by atoms with van der Waals surface area (Å²) in [6.45, 7) is 2.83. The molecule has 0 saturated carbocycles. The third-order valence-corrected chi connectivity index (χ3v) is 4.37. The SMILES string of the molecule is CCC1(C)C(=O)C(C(=O)NCC(=O)O)=C(O)c2cc(Cl)ccc21. The van der Waals surface area contributed by atoms with Crippen molar-refractivity contribution in [2.24, 2.45) is 0 Å². The quantitative estimate of drug-likeness (QED) is 0.730. The molecule has 1 aliphatic carbocycles. The Morgan fingerprint density at radius 2 is 2.00 bits per heavy atom. The van der Waals surface area contributed by atoms with Crippen LogP contribution in [0.4, 0.5) is 0 Å². The number of aliphatic carboxylic acids is 1. The van der Waals surface area contributed by atoms with Crippen molar-refractivity contribution in [3.8, 4) is 0 Å². The molecule has 1 amide bonds. The molecule has 3 N–H and O–H groups in total. The first-order chi connectivity index (χ1) is 10.7. The van der Waals surface area contributed by atoms with Crippen molar-refractivity contribution < 1.29 is 24.6 Å². The average Bonchev–Trinajstić information content (AvgIpc) is 2.50. The zero-order chi connectivity index (χ0) is 17.4. The molecule has 0 saturated heterocycles. The average molecular weight is 338 g/mol. The minimum absolute atomic E-state index is 0.307. The minimum Gasteiger partial charge on any atom is -0.506 e. The lowest BCUT2D eigenvalue weighted by molar-refractivity contribution is -0.138. The number of fused-ring (bicyclic) bond motifs is 1. The van der Waals surface area contributed by atoms with Crippen LogP contribution in [-0.2, 0) is 19.8 Å². The second kappa shape index (κ2) is 6.04. The molecule has 1 aromatic rings. The highest BCUT2D eigenvalue weighted by atomic mass is 35.5. The van der Waals surface area contributed by atoms with Crippen LogP contribution in [0, 0.1) is 0 Å². The number of halogens is 1. The van der Waals surface area contributed by atoms with Gasteiger partial charge in [0.15, 0.2) is 5.78 Å². The lowest BCUT2D eigenvalue weighted by Gasteiger charge is -2.34. The molecule has 0 bridgehead atoms. The topological polar surface area (TPSA) is 104 Å². The Labute approximate surface area is 137 Å². The van der Waals surface area contributed by atoms with E-state index in [2.05, 4.69) is 5.32 Å². The number of hydrogen-bond acceptors (Lipinski definition) is 4. The number of aliphatic hydroxyl groups excluding tert-OH is 1. The molecule has 0 heterocycles. The molecule has 0 radical (unpaired) electrons. The smallest absolute Gasteiger partial charge is 0.322 e. The van der Waals surface area contributed by atoms with E-state index >= 15 is 0 Å². The van der Waals surface area contributed by atoms with E-state index in [0.717, 1.165) is 0 Å². The Balaban J connectivity index is 2.61. The van der Waals surface area contributed by atoms with Crippen LogP contribution in [-0.4, -0.2) is 34.4 Å². The maximum atomic E-state index is 12.8. The fourth-order valence-corrected chi connectivity index (χ4v) is 2.81. The van der Waals surface area contributed by atoms with Gasteiger partial charge in [-0.2, -0.15) is 0 Å². The Morgan fingerprint density at radius 3 is 2.57 bits per heavy atom. The van der Waals surface area contributed by atoms with E-state index in [1.807, 2.05) is 0 Å². The molecule has 1 unspecified atom stereocenters. The number of carbonyl (C=O) groups is 3. The predicted molar refractivity (Wildman–Crippen MR) is 84.3 cm³/mol. The van der Waals surface area contributed by atoms with Gasteiger partial charge in [-0.25, -0.2) is 0 Å². The maximum Gasteiger partial charge on any atom is 0.322 e. The Kier molecular flexibility index (Phi) is 4.47. The van der Waals surface area contributed by atoms with Gasteiger partial charge in [0, 0.05) is 10.6 Å². The van der Waals surface area contributed by atoms with E-state index in [1.54, 1.807) is 26.0 Å². The summed E-state index contributed by atoms with van der Waals surface area (Å²) in [7, 11) is 0. The molecule has 0 spiro atoms. The highest BCUT2D eigenvalue weighted by Gasteiger charge is 2.45. The van der Waals surface area contributed by atoms with Crippen LogP contribution in [0.2, 0.25) is 5.02 Å². The predicted octanol–water partition coefficient (Wildman–Crippen LogP) is 2.06. The first-order valence-corrected chi connectivity index (χ1v) is 7.38. The number of aliphatic hydroxyl groups is 1. The number of carbonyl (C=O) groups excluding carboxylic acids is 2. The van der Waals surface area contributed by atoms with Crippen LogP contribution in [0.25, 0.3) is 5.76 Å². The largest absolute Gasteiger partial charge is 0.506 e. The van der Waals surface area contributed by atoms with Gasteiger partial charge in [-0.1, -0.05) is 24.6 Å². The Morgan fingerprint density at radius 1 is 1.35 bits per heavy atom. The lowest BCUT2D eigenvalue weighted by atomic mass is 9.68. The van der Waals surface area contributed by atoms with E-state index in [1.165, 1.54) is 6.07 Å². The van der Waals surface area contributed by atoms with Crippen molar-refractivity contribution in [1.82, 2.24) is 5.32 Å². The lowest BCUT2D eigenvalue weighted by Crippen LogP contribution is -2.43. The van der Waals surface area contributed by atoms with Gasteiger partial charge in [0.05, 0.1) is 5.41 Å². The molecule has 0 aliphatic heterocycles. The van der Waals surface area contributed by atoms with E-state index in [0.29, 0.717) is 22.6 Å². The highest BCUT2D eigenvalue weighted by molar-refractivity contribution is 6.32. The summed E-state index contributed by atoms with van der Waals surface area (Å²) in [6.07, 6.45) is 0.406. The number of Topliss-reactive ketones (excluding diaryl/α,β-unsaturated/α-hetero) is 1. The first kappa shape index (κ1) is 17.0. The third-order valence-electron chi connectivity index (χ3n) is 4.13. The van der Waals surface area contributed by atoms with Crippen molar-refractivity contribution in [3.05, 3.63) is 39.9 Å². The summed E-state index contributed by atoms with van der Waals surface area (Å²) in [4.78, 5) is 35.5. The zero-order valence-corrected chi connectivity index (χ0v) is 13.4. The Hall–Kier alpha value is -2.34. The fourth-order valence-electron chi connectivity index (χ4n) is 2.64. The molecule has 23 heavy (non-hydrogen) atoms. The second-order valence-corrected chi connectivity index (χ2v) is 5.94. The summed E-state index contributed by atoms with van der Waals surface area (Å²) in [6, 6.07) is 4.75.